The molecule has 1 aliphatic rings. The number of nitrogens with zero attached hydrogens (tertiary/aromatic N) is 1. The third-order valence-electron chi connectivity index (χ3n) is 4.86. The molecule has 29 heavy (non-hydrogen) atoms. The molecular formula is C22H24ClNO4S. The van der Waals surface area contributed by atoms with E-state index < -0.39 is 27.7 Å². The predicted octanol–water partition coefficient (Wildman–Crippen LogP) is 5.00. The second-order valence-corrected chi connectivity index (χ2v) is 10.2. The summed E-state index contributed by atoms with van der Waals surface area (Å²) in [5, 5.41) is 10.1. The topological polar surface area (TPSA) is 66.8 Å². The predicted molar refractivity (Wildman–Crippen MR) is 115 cm³/mol. The molecule has 0 spiro atoms. The van der Waals surface area contributed by atoms with Crippen molar-refractivity contribution in [3.8, 4) is 5.75 Å². The van der Waals surface area contributed by atoms with Crippen LogP contribution < -0.4 is 4.74 Å². The molecule has 1 aliphatic heterocycles. The molecule has 0 radical (unpaired) electrons. The zero-order chi connectivity index (χ0) is 21.4. The fourth-order valence-corrected chi connectivity index (χ4v) is 5.19. The number of hydrogen-bond donors (Lipinski definition) is 1. The largest absolute Gasteiger partial charge is 0.480 e. The van der Waals surface area contributed by atoms with Gasteiger partial charge in [0.15, 0.2) is 5.60 Å². The van der Waals surface area contributed by atoms with Crippen LogP contribution in [0.15, 0.2) is 54.6 Å². The SMILES string of the molecule is CC(C)(Oc1ccc(Cl)cc1)C(=O)N1[C@@H](C(=O)O)C(C)(C)S[C@H]1c1ccccc1. The number of carboxylic acids is 1. The van der Waals surface area contributed by atoms with Crippen molar-refractivity contribution < 1.29 is 19.4 Å². The van der Waals surface area contributed by atoms with Crippen LogP contribution in [0, 0.1) is 0 Å². The van der Waals surface area contributed by atoms with Crippen molar-refractivity contribution in [2.75, 3.05) is 0 Å². The second-order valence-electron chi connectivity index (χ2n) is 8.00. The molecular weight excluding hydrogens is 410 g/mol. The summed E-state index contributed by atoms with van der Waals surface area (Å²) in [5.74, 6) is -0.926. The van der Waals surface area contributed by atoms with E-state index in [0.717, 1.165) is 5.56 Å². The first kappa shape index (κ1) is 21.5. The third-order valence-corrected chi connectivity index (χ3v) is 6.66. The van der Waals surface area contributed by atoms with E-state index in [4.69, 9.17) is 16.3 Å². The van der Waals surface area contributed by atoms with Gasteiger partial charge in [0.1, 0.15) is 17.2 Å². The molecule has 2 atom stereocenters. The molecule has 7 heteroatoms. The average Bonchev–Trinajstić information content (AvgIpc) is 2.94. The van der Waals surface area contributed by atoms with Crippen LogP contribution in [0.25, 0.3) is 0 Å². The number of ether oxygens (including phenoxy) is 1. The van der Waals surface area contributed by atoms with E-state index in [1.807, 2.05) is 44.2 Å². The lowest BCUT2D eigenvalue weighted by Crippen LogP contribution is -2.56. The number of halogens is 1. The maximum atomic E-state index is 13.6. The summed E-state index contributed by atoms with van der Waals surface area (Å²) >= 11 is 7.39. The quantitative estimate of drug-likeness (QED) is 0.718. The van der Waals surface area contributed by atoms with Crippen LogP contribution in [0.1, 0.15) is 38.6 Å². The maximum Gasteiger partial charge on any atom is 0.327 e. The van der Waals surface area contributed by atoms with E-state index in [2.05, 4.69) is 0 Å². The van der Waals surface area contributed by atoms with Crippen LogP contribution in [0.2, 0.25) is 5.02 Å². The molecule has 1 heterocycles. The van der Waals surface area contributed by atoms with Crippen molar-refractivity contribution in [2.24, 2.45) is 0 Å². The van der Waals surface area contributed by atoms with Gasteiger partial charge in [-0.1, -0.05) is 41.9 Å². The molecule has 0 bridgehead atoms. The van der Waals surface area contributed by atoms with Crippen LogP contribution in [0.5, 0.6) is 5.75 Å². The Hall–Kier alpha value is -2.18. The minimum atomic E-state index is -1.27. The van der Waals surface area contributed by atoms with E-state index in [9.17, 15) is 14.7 Å². The Morgan fingerprint density at radius 1 is 1.10 bits per heavy atom. The number of carboxylic acid groups (broad SMARTS) is 1. The summed E-state index contributed by atoms with van der Waals surface area (Å²) in [6.07, 6.45) is 0. The lowest BCUT2D eigenvalue weighted by atomic mass is 9.98. The second kappa shape index (κ2) is 7.92. The first-order valence-electron chi connectivity index (χ1n) is 9.26. The highest BCUT2D eigenvalue weighted by molar-refractivity contribution is 8.01. The van der Waals surface area contributed by atoms with Gasteiger partial charge in [-0.15, -0.1) is 11.8 Å². The monoisotopic (exact) mass is 433 g/mol. The molecule has 5 nitrogen and oxygen atoms in total. The molecule has 1 N–H and O–H groups in total. The van der Waals surface area contributed by atoms with E-state index >= 15 is 0 Å². The lowest BCUT2D eigenvalue weighted by molar-refractivity contribution is -0.158. The molecule has 2 aromatic rings. The number of benzene rings is 2. The number of hydrogen-bond acceptors (Lipinski definition) is 4. The van der Waals surface area contributed by atoms with Gasteiger partial charge < -0.3 is 14.7 Å². The Bertz CT molecular complexity index is 899. The van der Waals surface area contributed by atoms with Crippen molar-refractivity contribution >= 4 is 35.2 Å². The van der Waals surface area contributed by atoms with Gasteiger partial charge in [0.25, 0.3) is 5.91 Å². The molecule has 0 aromatic heterocycles. The summed E-state index contributed by atoms with van der Waals surface area (Å²) in [7, 11) is 0. The maximum absolute atomic E-state index is 13.6. The van der Waals surface area contributed by atoms with E-state index in [1.165, 1.54) is 16.7 Å². The van der Waals surface area contributed by atoms with Gasteiger partial charge in [-0.3, -0.25) is 4.79 Å². The van der Waals surface area contributed by atoms with Crippen molar-refractivity contribution in [1.29, 1.82) is 0 Å². The normalized spacial score (nSPS) is 21.1. The molecule has 1 saturated heterocycles. The van der Waals surface area contributed by atoms with Crippen LogP contribution in [-0.2, 0) is 9.59 Å². The van der Waals surface area contributed by atoms with E-state index in [1.54, 1.807) is 38.1 Å². The number of carbonyl (C=O) groups excluding carboxylic acids is 1. The highest BCUT2D eigenvalue weighted by Crippen LogP contribution is 2.53. The van der Waals surface area contributed by atoms with Gasteiger partial charge in [-0.05, 0) is 57.5 Å². The summed E-state index contributed by atoms with van der Waals surface area (Å²) < 4.78 is 5.29. The van der Waals surface area contributed by atoms with Gasteiger partial charge in [-0.25, -0.2) is 4.79 Å². The minimum absolute atomic E-state index is 0.383. The molecule has 2 aromatic carbocycles. The molecule has 3 rings (SSSR count). The van der Waals surface area contributed by atoms with Gasteiger partial charge in [0.05, 0.1) is 0 Å². The fourth-order valence-electron chi connectivity index (χ4n) is 3.52. The Morgan fingerprint density at radius 2 is 1.69 bits per heavy atom. The Balaban J connectivity index is 1.98. The van der Waals surface area contributed by atoms with Gasteiger partial charge in [0.2, 0.25) is 0 Å². The van der Waals surface area contributed by atoms with Gasteiger partial charge >= 0.3 is 5.97 Å². The van der Waals surface area contributed by atoms with Crippen LogP contribution in [0.3, 0.4) is 0 Å². The number of aliphatic carboxylic acids is 1. The van der Waals surface area contributed by atoms with Crippen molar-refractivity contribution in [2.45, 2.75) is 49.5 Å². The number of carbonyl (C=O) groups is 2. The Labute approximate surface area is 180 Å². The summed E-state index contributed by atoms with van der Waals surface area (Å²) in [6.45, 7) is 7.02. The Morgan fingerprint density at radius 3 is 2.24 bits per heavy atom. The minimum Gasteiger partial charge on any atom is -0.480 e. The molecule has 1 amide bonds. The summed E-state index contributed by atoms with van der Waals surface area (Å²) in [5.41, 5.74) is -0.389. The summed E-state index contributed by atoms with van der Waals surface area (Å²) in [4.78, 5) is 27.2. The van der Waals surface area contributed by atoms with Gasteiger partial charge in [-0.2, -0.15) is 0 Å². The zero-order valence-electron chi connectivity index (χ0n) is 16.8. The third kappa shape index (κ3) is 4.38. The molecule has 0 unspecified atom stereocenters. The fraction of sp³-hybridized carbons (Fsp3) is 0.364. The first-order valence-corrected chi connectivity index (χ1v) is 10.5. The Kier molecular flexibility index (Phi) is 5.88. The molecule has 0 aliphatic carbocycles. The number of amides is 1. The highest BCUT2D eigenvalue weighted by Gasteiger charge is 2.56. The molecule has 1 fully saturated rings. The molecule has 154 valence electrons. The smallest absolute Gasteiger partial charge is 0.327 e. The van der Waals surface area contributed by atoms with Crippen molar-refractivity contribution in [3.63, 3.8) is 0 Å². The van der Waals surface area contributed by atoms with E-state index in [0.29, 0.717) is 10.8 Å². The standard InChI is InChI=1S/C22H24ClNO4S/c1-21(2,28-16-12-10-15(23)11-13-16)20(27)24-17(19(25)26)22(3,4)29-18(24)14-8-6-5-7-9-14/h5-13,17-18H,1-4H3,(H,25,26)/t17-,18-/m0/s1. The number of rotatable bonds is 5. The van der Waals surface area contributed by atoms with Crippen LogP contribution in [-0.4, -0.2) is 38.3 Å². The molecule has 0 saturated carbocycles. The lowest BCUT2D eigenvalue weighted by Gasteiger charge is -2.36. The first-order chi connectivity index (χ1) is 13.5. The van der Waals surface area contributed by atoms with Crippen LogP contribution in [0.4, 0.5) is 0 Å². The average molecular weight is 434 g/mol. The number of thioether (sulfide) groups is 1. The highest BCUT2D eigenvalue weighted by atomic mass is 35.5. The van der Waals surface area contributed by atoms with Gasteiger partial charge in [0, 0.05) is 9.77 Å². The van der Waals surface area contributed by atoms with E-state index in [-0.39, 0.29) is 5.91 Å². The zero-order valence-corrected chi connectivity index (χ0v) is 18.3. The van der Waals surface area contributed by atoms with Crippen molar-refractivity contribution in [3.05, 3.63) is 65.2 Å². The van der Waals surface area contributed by atoms with Crippen molar-refractivity contribution in [1.82, 2.24) is 4.90 Å². The summed E-state index contributed by atoms with van der Waals surface area (Å²) in [6, 6.07) is 15.2. The van der Waals surface area contributed by atoms with Crippen LogP contribution >= 0.6 is 23.4 Å².